The topological polar surface area (TPSA) is 47.6 Å². The van der Waals surface area contributed by atoms with Gasteiger partial charge in [0.25, 0.3) is 5.91 Å². The summed E-state index contributed by atoms with van der Waals surface area (Å²) in [5, 5.41) is 4.94. The molecule has 3 aromatic rings. The van der Waals surface area contributed by atoms with E-state index >= 15 is 0 Å². The lowest BCUT2D eigenvalue weighted by molar-refractivity contribution is 0.0453. The van der Waals surface area contributed by atoms with Gasteiger partial charge in [-0.1, -0.05) is 42.5 Å². The van der Waals surface area contributed by atoms with Crippen LogP contribution in [0.1, 0.15) is 22.2 Å². The van der Waals surface area contributed by atoms with Gasteiger partial charge in [-0.05, 0) is 41.6 Å². The van der Waals surface area contributed by atoms with E-state index in [0.717, 1.165) is 22.4 Å². The number of amides is 1. The first-order valence-corrected chi connectivity index (χ1v) is 9.84. The maximum atomic E-state index is 12.8. The van der Waals surface area contributed by atoms with Crippen LogP contribution in [-0.4, -0.2) is 25.7 Å². The van der Waals surface area contributed by atoms with Crippen molar-refractivity contribution in [2.45, 2.75) is 13.5 Å². The third kappa shape index (κ3) is 5.50. The maximum Gasteiger partial charge on any atom is 0.266 e. The monoisotopic (exact) mass is 381 g/mol. The molecule has 1 aromatic heterocycles. The van der Waals surface area contributed by atoms with E-state index in [-0.39, 0.29) is 5.91 Å². The van der Waals surface area contributed by atoms with Gasteiger partial charge in [-0.25, -0.2) is 0 Å². The van der Waals surface area contributed by atoms with Crippen LogP contribution in [-0.2, 0) is 16.1 Å². The van der Waals surface area contributed by atoms with Crippen molar-refractivity contribution in [1.29, 1.82) is 0 Å². The molecular weight excluding hydrogens is 358 g/mol. The normalized spacial score (nSPS) is 10.7. The zero-order valence-corrected chi connectivity index (χ0v) is 16.1. The van der Waals surface area contributed by atoms with Gasteiger partial charge in [0.05, 0.1) is 24.7 Å². The third-order valence-corrected chi connectivity index (χ3v) is 4.90. The molecule has 5 heteroatoms. The summed E-state index contributed by atoms with van der Waals surface area (Å²) in [6, 6.07) is 19.7. The molecular formula is C22H23NO3S. The van der Waals surface area contributed by atoms with E-state index in [4.69, 9.17) is 9.47 Å². The molecule has 4 nitrogen and oxygen atoms in total. The molecule has 2 aromatic carbocycles. The van der Waals surface area contributed by atoms with Gasteiger partial charge in [0.2, 0.25) is 0 Å². The summed E-state index contributed by atoms with van der Waals surface area (Å²) >= 11 is 1.45. The quantitative estimate of drug-likeness (QED) is 0.517. The number of carbonyl (C=O) groups is 1. The van der Waals surface area contributed by atoms with Crippen molar-refractivity contribution < 1.29 is 14.3 Å². The number of rotatable bonds is 9. The summed E-state index contributed by atoms with van der Waals surface area (Å²) in [5.41, 5.74) is 3.77. The van der Waals surface area contributed by atoms with Gasteiger partial charge in [-0.2, -0.15) is 0 Å². The van der Waals surface area contributed by atoms with E-state index in [1.807, 2.05) is 73.0 Å². The summed E-state index contributed by atoms with van der Waals surface area (Å²) in [5.74, 6) is -0.0988. The summed E-state index contributed by atoms with van der Waals surface area (Å²) < 4.78 is 10.9. The Kier molecular flexibility index (Phi) is 7.16. The second-order valence-electron chi connectivity index (χ2n) is 5.93. The van der Waals surface area contributed by atoms with Crippen LogP contribution in [0.5, 0.6) is 0 Å². The minimum Gasteiger partial charge on any atom is -0.379 e. The summed E-state index contributed by atoms with van der Waals surface area (Å²) in [4.78, 5) is 13.5. The molecule has 0 bridgehead atoms. The first-order valence-electron chi connectivity index (χ1n) is 8.96. The van der Waals surface area contributed by atoms with E-state index in [2.05, 4.69) is 5.32 Å². The Morgan fingerprint density at radius 2 is 1.81 bits per heavy atom. The van der Waals surface area contributed by atoms with Crippen LogP contribution in [0.4, 0.5) is 5.69 Å². The Morgan fingerprint density at radius 1 is 1.00 bits per heavy atom. The Morgan fingerprint density at radius 3 is 2.63 bits per heavy atom. The van der Waals surface area contributed by atoms with Gasteiger partial charge in [0.15, 0.2) is 0 Å². The van der Waals surface area contributed by atoms with Crippen molar-refractivity contribution in [1.82, 2.24) is 0 Å². The Labute approximate surface area is 163 Å². The minimum absolute atomic E-state index is 0.0988. The molecule has 0 spiro atoms. The number of carbonyl (C=O) groups excluding carboxylic acids is 1. The van der Waals surface area contributed by atoms with Crippen LogP contribution in [0.2, 0.25) is 0 Å². The van der Waals surface area contributed by atoms with Gasteiger partial charge in [0.1, 0.15) is 0 Å². The van der Waals surface area contributed by atoms with E-state index in [0.29, 0.717) is 31.3 Å². The molecule has 1 N–H and O–H groups in total. The number of hydrogen-bond donors (Lipinski definition) is 1. The molecule has 140 valence electrons. The second-order valence-corrected chi connectivity index (χ2v) is 6.85. The van der Waals surface area contributed by atoms with Crippen molar-refractivity contribution in [2.24, 2.45) is 0 Å². The van der Waals surface area contributed by atoms with Gasteiger partial charge >= 0.3 is 0 Å². The van der Waals surface area contributed by atoms with Crippen LogP contribution >= 0.6 is 11.3 Å². The van der Waals surface area contributed by atoms with Crippen LogP contribution in [0.3, 0.4) is 0 Å². The highest BCUT2D eigenvalue weighted by Crippen LogP contribution is 2.29. The molecule has 3 rings (SSSR count). The van der Waals surface area contributed by atoms with Crippen molar-refractivity contribution in [3.05, 3.63) is 76.5 Å². The largest absolute Gasteiger partial charge is 0.379 e. The standard InChI is InChI=1S/C22H23NO3S/c1-2-25-12-13-26-16-17-7-6-10-19(15-17)23-22(24)21-20(11-14-27-21)18-8-4-3-5-9-18/h3-11,14-15H,2,12-13,16H2,1H3,(H,23,24). The molecule has 1 heterocycles. The number of anilines is 1. The molecule has 0 saturated carbocycles. The SMILES string of the molecule is CCOCCOCc1cccc(NC(=O)c2sccc2-c2ccccc2)c1. The molecule has 0 aliphatic heterocycles. The molecule has 1 amide bonds. The van der Waals surface area contributed by atoms with Crippen LogP contribution in [0, 0.1) is 0 Å². The van der Waals surface area contributed by atoms with Crippen molar-refractivity contribution >= 4 is 22.9 Å². The van der Waals surface area contributed by atoms with E-state index in [1.54, 1.807) is 0 Å². The highest BCUT2D eigenvalue weighted by Gasteiger charge is 2.14. The maximum absolute atomic E-state index is 12.8. The second kappa shape index (κ2) is 10.0. The van der Waals surface area contributed by atoms with Crippen LogP contribution < -0.4 is 5.32 Å². The fraction of sp³-hybridized carbons (Fsp3) is 0.227. The number of ether oxygens (including phenoxy) is 2. The fourth-order valence-corrected chi connectivity index (χ4v) is 3.52. The van der Waals surface area contributed by atoms with E-state index in [9.17, 15) is 4.79 Å². The Bertz CT molecular complexity index is 861. The predicted octanol–water partition coefficient (Wildman–Crippen LogP) is 5.22. The zero-order chi connectivity index (χ0) is 18.9. The van der Waals surface area contributed by atoms with E-state index in [1.165, 1.54) is 11.3 Å². The average molecular weight is 381 g/mol. The predicted molar refractivity (Wildman–Crippen MR) is 110 cm³/mol. The van der Waals surface area contributed by atoms with Gasteiger partial charge in [0, 0.05) is 17.9 Å². The lowest BCUT2D eigenvalue weighted by Crippen LogP contribution is -2.11. The molecule has 0 saturated heterocycles. The lowest BCUT2D eigenvalue weighted by Gasteiger charge is -2.09. The van der Waals surface area contributed by atoms with Gasteiger partial charge < -0.3 is 14.8 Å². The molecule has 0 fully saturated rings. The molecule has 0 aliphatic rings. The molecule has 0 unspecified atom stereocenters. The third-order valence-electron chi connectivity index (χ3n) is 3.99. The first kappa shape index (κ1) is 19.3. The summed E-state index contributed by atoms with van der Waals surface area (Å²) in [6.45, 7) is 4.29. The Balaban J connectivity index is 1.64. The van der Waals surface area contributed by atoms with Crippen molar-refractivity contribution in [2.75, 3.05) is 25.1 Å². The average Bonchev–Trinajstić information content (AvgIpc) is 3.19. The number of nitrogens with one attached hydrogen (secondary N) is 1. The number of hydrogen-bond acceptors (Lipinski definition) is 4. The van der Waals surface area contributed by atoms with Gasteiger partial charge in [-0.15, -0.1) is 11.3 Å². The highest BCUT2D eigenvalue weighted by molar-refractivity contribution is 7.12. The molecule has 0 atom stereocenters. The van der Waals surface area contributed by atoms with Crippen LogP contribution in [0.15, 0.2) is 66.0 Å². The van der Waals surface area contributed by atoms with E-state index < -0.39 is 0 Å². The molecule has 27 heavy (non-hydrogen) atoms. The fourth-order valence-electron chi connectivity index (χ4n) is 2.71. The summed E-state index contributed by atoms with van der Waals surface area (Å²) in [7, 11) is 0. The van der Waals surface area contributed by atoms with Crippen molar-refractivity contribution in [3.63, 3.8) is 0 Å². The smallest absolute Gasteiger partial charge is 0.266 e. The number of thiophene rings is 1. The summed E-state index contributed by atoms with van der Waals surface area (Å²) in [6.07, 6.45) is 0. The molecule has 0 radical (unpaired) electrons. The zero-order valence-electron chi connectivity index (χ0n) is 15.3. The Hall–Kier alpha value is -2.47. The number of benzene rings is 2. The van der Waals surface area contributed by atoms with Crippen molar-refractivity contribution in [3.8, 4) is 11.1 Å². The minimum atomic E-state index is -0.0988. The lowest BCUT2D eigenvalue weighted by atomic mass is 10.1. The van der Waals surface area contributed by atoms with Crippen LogP contribution in [0.25, 0.3) is 11.1 Å². The molecule has 0 aliphatic carbocycles. The highest BCUT2D eigenvalue weighted by atomic mass is 32.1. The first-order chi connectivity index (χ1) is 13.3. The van der Waals surface area contributed by atoms with Gasteiger partial charge in [-0.3, -0.25) is 4.79 Å².